The molecule has 0 spiro atoms. The van der Waals surface area contributed by atoms with E-state index in [0.29, 0.717) is 5.54 Å². The third-order valence-corrected chi connectivity index (χ3v) is 3.05. The Morgan fingerprint density at radius 3 is 2.86 bits per heavy atom. The first-order valence-corrected chi connectivity index (χ1v) is 5.28. The summed E-state index contributed by atoms with van der Waals surface area (Å²) in [6.07, 6.45) is 8.69. The van der Waals surface area contributed by atoms with Gasteiger partial charge in [0.1, 0.15) is 6.33 Å². The van der Waals surface area contributed by atoms with Gasteiger partial charge in [-0.05, 0) is 25.8 Å². The van der Waals surface area contributed by atoms with Crippen molar-refractivity contribution in [2.24, 2.45) is 0 Å². The van der Waals surface area contributed by atoms with Crippen LogP contribution in [0.1, 0.15) is 38.3 Å². The van der Waals surface area contributed by atoms with Crippen molar-refractivity contribution in [1.29, 1.82) is 0 Å². The molecule has 0 bridgehead atoms. The molecule has 1 heterocycles. The van der Waals surface area contributed by atoms with Gasteiger partial charge in [-0.15, -0.1) is 0 Å². The maximum Gasteiger partial charge on any atom is 0.115 e. The van der Waals surface area contributed by atoms with Crippen molar-refractivity contribution < 1.29 is 0 Å². The van der Waals surface area contributed by atoms with Crippen LogP contribution in [0.25, 0.3) is 0 Å². The second-order valence-corrected chi connectivity index (χ2v) is 4.32. The van der Waals surface area contributed by atoms with Gasteiger partial charge in [0.2, 0.25) is 0 Å². The minimum absolute atomic E-state index is 0.338. The predicted octanol–water partition coefficient (Wildman–Crippen LogP) is 1.90. The molecule has 1 aliphatic rings. The zero-order chi connectivity index (χ0) is 9.86. The van der Waals surface area contributed by atoms with Gasteiger partial charge < -0.3 is 5.32 Å². The van der Waals surface area contributed by atoms with E-state index in [1.54, 1.807) is 12.5 Å². The van der Waals surface area contributed by atoms with E-state index in [4.69, 9.17) is 0 Å². The van der Waals surface area contributed by atoms with Gasteiger partial charge in [-0.1, -0.05) is 12.8 Å². The summed E-state index contributed by atoms with van der Waals surface area (Å²) >= 11 is 0. The molecule has 3 heteroatoms. The highest BCUT2D eigenvalue weighted by molar-refractivity contribution is 4.99. The summed E-state index contributed by atoms with van der Waals surface area (Å²) in [6, 6.07) is 1.96. The van der Waals surface area contributed by atoms with Crippen molar-refractivity contribution >= 4 is 0 Å². The van der Waals surface area contributed by atoms with Crippen molar-refractivity contribution in [3.8, 4) is 0 Å². The molecular weight excluding hydrogens is 174 g/mol. The van der Waals surface area contributed by atoms with E-state index in [-0.39, 0.29) is 0 Å². The molecule has 3 nitrogen and oxygen atoms in total. The molecule has 0 aliphatic heterocycles. The highest BCUT2D eigenvalue weighted by Gasteiger charge is 2.27. The minimum atomic E-state index is 0.338. The number of nitrogens with zero attached hydrogens (tertiary/aromatic N) is 2. The molecule has 0 atom stereocenters. The van der Waals surface area contributed by atoms with Gasteiger partial charge in [0.05, 0.1) is 5.69 Å². The normalized spacial score (nSPS) is 19.8. The van der Waals surface area contributed by atoms with Gasteiger partial charge in [0, 0.05) is 18.3 Å². The van der Waals surface area contributed by atoms with E-state index in [9.17, 15) is 0 Å². The fraction of sp³-hybridized carbons (Fsp3) is 0.636. The molecule has 0 aromatic carbocycles. The fourth-order valence-corrected chi connectivity index (χ4v) is 2.06. The van der Waals surface area contributed by atoms with E-state index in [2.05, 4.69) is 22.2 Å². The van der Waals surface area contributed by atoms with Crippen molar-refractivity contribution in [3.05, 3.63) is 24.3 Å². The van der Waals surface area contributed by atoms with Gasteiger partial charge in [-0.3, -0.25) is 0 Å². The lowest BCUT2D eigenvalue weighted by atomic mass is 10.0. The van der Waals surface area contributed by atoms with Crippen LogP contribution >= 0.6 is 0 Å². The standard InChI is InChI=1S/C11H17N3/c1-11(5-2-3-6-11)14-8-10-4-7-12-9-13-10/h4,7,9,14H,2-3,5-6,8H2,1H3. The van der Waals surface area contributed by atoms with Crippen molar-refractivity contribution in [2.45, 2.75) is 44.7 Å². The van der Waals surface area contributed by atoms with Crippen molar-refractivity contribution in [3.63, 3.8) is 0 Å². The number of nitrogens with one attached hydrogen (secondary N) is 1. The molecular formula is C11H17N3. The Kier molecular flexibility index (Phi) is 2.77. The molecule has 2 rings (SSSR count). The van der Waals surface area contributed by atoms with Gasteiger partial charge in [0.15, 0.2) is 0 Å². The Hall–Kier alpha value is -0.960. The van der Waals surface area contributed by atoms with Gasteiger partial charge in [-0.2, -0.15) is 0 Å². The lowest BCUT2D eigenvalue weighted by Gasteiger charge is -2.25. The molecule has 0 radical (unpaired) electrons. The van der Waals surface area contributed by atoms with E-state index >= 15 is 0 Å². The first kappa shape index (κ1) is 9.59. The Bertz CT molecular complexity index is 278. The van der Waals surface area contributed by atoms with Crippen LogP contribution < -0.4 is 5.32 Å². The van der Waals surface area contributed by atoms with Crippen molar-refractivity contribution in [2.75, 3.05) is 0 Å². The molecule has 14 heavy (non-hydrogen) atoms. The van der Waals surface area contributed by atoms with Crippen LogP contribution in [0.2, 0.25) is 0 Å². The summed E-state index contributed by atoms with van der Waals surface area (Å²) in [5, 5.41) is 3.58. The first-order chi connectivity index (χ1) is 6.79. The highest BCUT2D eigenvalue weighted by atomic mass is 15.0. The summed E-state index contributed by atoms with van der Waals surface area (Å²) in [6.45, 7) is 3.17. The lowest BCUT2D eigenvalue weighted by molar-refractivity contribution is 0.360. The van der Waals surface area contributed by atoms with Crippen LogP contribution in [0.3, 0.4) is 0 Å². The maximum atomic E-state index is 4.20. The second-order valence-electron chi connectivity index (χ2n) is 4.32. The summed E-state index contributed by atoms with van der Waals surface area (Å²) in [5.74, 6) is 0. The molecule has 1 aromatic heterocycles. The third-order valence-electron chi connectivity index (χ3n) is 3.05. The Balaban J connectivity index is 1.88. The van der Waals surface area contributed by atoms with Crippen LogP contribution in [-0.4, -0.2) is 15.5 Å². The Morgan fingerprint density at radius 1 is 1.43 bits per heavy atom. The second kappa shape index (κ2) is 4.05. The fourth-order valence-electron chi connectivity index (χ4n) is 2.06. The minimum Gasteiger partial charge on any atom is -0.306 e. The largest absolute Gasteiger partial charge is 0.306 e. The zero-order valence-electron chi connectivity index (χ0n) is 8.66. The average molecular weight is 191 g/mol. The van der Waals surface area contributed by atoms with Crippen LogP contribution in [0, 0.1) is 0 Å². The van der Waals surface area contributed by atoms with Crippen molar-refractivity contribution in [1.82, 2.24) is 15.3 Å². The molecule has 1 saturated carbocycles. The quantitative estimate of drug-likeness (QED) is 0.793. The molecule has 0 amide bonds. The molecule has 76 valence electrons. The summed E-state index contributed by atoms with van der Waals surface area (Å²) in [5.41, 5.74) is 1.42. The maximum absolute atomic E-state index is 4.20. The van der Waals surface area contributed by atoms with Crippen LogP contribution in [-0.2, 0) is 6.54 Å². The topological polar surface area (TPSA) is 37.8 Å². The number of hydrogen-bond donors (Lipinski definition) is 1. The van der Waals surface area contributed by atoms with E-state index < -0.39 is 0 Å². The number of aromatic nitrogens is 2. The Morgan fingerprint density at radius 2 is 2.21 bits per heavy atom. The lowest BCUT2D eigenvalue weighted by Crippen LogP contribution is -2.38. The molecule has 0 saturated heterocycles. The third kappa shape index (κ3) is 2.29. The summed E-state index contributed by atoms with van der Waals surface area (Å²) in [7, 11) is 0. The van der Waals surface area contributed by atoms with E-state index in [1.165, 1.54) is 25.7 Å². The van der Waals surface area contributed by atoms with Gasteiger partial charge in [0.25, 0.3) is 0 Å². The number of hydrogen-bond acceptors (Lipinski definition) is 3. The van der Waals surface area contributed by atoms with E-state index in [0.717, 1.165) is 12.2 Å². The predicted molar refractivity (Wildman–Crippen MR) is 55.7 cm³/mol. The molecule has 0 unspecified atom stereocenters. The first-order valence-electron chi connectivity index (χ1n) is 5.28. The summed E-state index contributed by atoms with van der Waals surface area (Å²) in [4.78, 5) is 8.10. The SMILES string of the molecule is CC1(NCc2ccncn2)CCCC1. The van der Waals surface area contributed by atoms with Crippen LogP contribution in [0.15, 0.2) is 18.6 Å². The molecule has 1 fully saturated rings. The van der Waals surface area contributed by atoms with Gasteiger partial charge in [-0.25, -0.2) is 9.97 Å². The number of rotatable bonds is 3. The van der Waals surface area contributed by atoms with Gasteiger partial charge >= 0.3 is 0 Å². The van der Waals surface area contributed by atoms with E-state index in [1.807, 2.05) is 6.07 Å². The monoisotopic (exact) mass is 191 g/mol. The molecule has 1 N–H and O–H groups in total. The smallest absolute Gasteiger partial charge is 0.115 e. The average Bonchev–Trinajstić information content (AvgIpc) is 2.65. The molecule has 1 aliphatic carbocycles. The Labute approximate surface area is 85.0 Å². The summed E-state index contributed by atoms with van der Waals surface area (Å²) < 4.78 is 0. The molecule has 1 aromatic rings. The van der Waals surface area contributed by atoms with Crippen LogP contribution in [0.4, 0.5) is 0 Å². The van der Waals surface area contributed by atoms with Crippen LogP contribution in [0.5, 0.6) is 0 Å². The zero-order valence-corrected chi connectivity index (χ0v) is 8.66. The highest BCUT2D eigenvalue weighted by Crippen LogP contribution is 2.28.